The Balaban J connectivity index is 1.71. The molecule has 0 amide bonds. The molecule has 1 heterocycles. The van der Waals surface area contributed by atoms with Gasteiger partial charge < -0.3 is 9.15 Å². The average Bonchev–Trinajstić information content (AvgIpc) is 3.27. The standard InChI is InChI=1S/C23H23NO2/c1-14(2)18-10-8-16-12-17(9-11-19(16)18)23-24-20(13-26-23)22-15(3)6-5-7-21(22)25-4/h5-14,18H,1-4H3. The van der Waals surface area contributed by atoms with Crippen molar-refractivity contribution in [1.82, 2.24) is 4.98 Å². The lowest BCUT2D eigenvalue weighted by atomic mass is 9.90. The molecule has 1 atom stereocenters. The second-order valence-corrected chi connectivity index (χ2v) is 7.16. The molecule has 1 unspecified atom stereocenters. The number of rotatable bonds is 4. The quantitative estimate of drug-likeness (QED) is 0.574. The van der Waals surface area contributed by atoms with E-state index in [9.17, 15) is 0 Å². The lowest BCUT2D eigenvalue weighted by molar-refractivity contribution is 0.416. The molecule has 4 rings (SSSR count). The van der Waals surface area contributed by atoms with E-state index in [1.54, 1.807) is 13.4 Å². The molecule has 3 aromatic rings. The van der Waals surface area contributed by atoms with Gasteiger partial charge in [-0.25, -0.2) is 4.98 Å². The van der Waals surface area contributed by atoms with Crippen molar-refractivity contribution in [3.63, 3.8) is 0 Å². The summed E-state index contributed by atoms with van der Waals surface area (Å²) in [4.78, 5) is 4.73. The van der Waals surface area contributed by atoms with Crippen molar-refractivity contribution in [2.45, 2.75) is 26.7 Å². The van der Waals surface area contributed by atoms with Crippen LogP contribution in [0.25, 0.3) is 28.8 Å². The number of ether oxygens (including phenoxy) is 1. The molecule has 0 N–H and O–H groups in total. The topological polar surface area (TPSA) is 35.3 Å². The highest BCUT2D eigenvalue weighted by atomic mass is 16.5. The minimum absolute atomic E-state index is 0.496. The van der Waals surface area contributed by atoms with Crippen LogP contribution < -0.4 is 4.74 Å². The fourth-order valence-corrected chi connectivity index (χ4v) is 3.71. The number of hydrogen-bond donors (Lipinski definition) is 0. The summed E-state index contributed by atoms with van der Waals surface area (Å²) < 4.78 is 11.3. The van der Waals surface area contributed by atoms with E-state index in [0.29, 0.717) is 17.7 Å². The number of fused-ring (bicyclic) bond motifs is 1. The fourth-order valence-electron chi connectivity index (χ4n) is 3.71. The largest absolute Gasteiger partial charge is 0.496 e. The molecule has 0 aliphatic heterocycles. The van der Waals surface area contributed by atoms with Crippen molar-refractivity contribution >= 4 is 6.08 Å². The van der Waals surface area contributed by atoms with E-state index in [-0.39, 0.29) is 0 Å². The van der Waals surface area contributed by atoms with Crippen molar-refractivity contribution in [1.29, 1.82) is 0 Å². The van der Waals surface area contributed by atoms with Gasteiger partial charge in [-0.1, -0.05) is 44.2 Å². The van der Waals surface area contributed by atoms with Crippen LogP contribution in [0.3, 0.4) is 0 Å². The van der Waals surface area contributed by atoms with E-state index in [1.807, 2.05) is 12.1 Å². The van der Waals surface area contributed by atoms with Crippen LogP contribution in [-0.2, 0) is 0 Å². The highest BCUT2D eigenvalue weighted by Gasteiger charge is 2.21. The molecule has 26 heavy (non-hydrogen) atoms. The SMILES string of the molecule is COc1cccc(C)c1-c1coc(-c2ccc3c(c2)C=CC3C(C)C)n1. The van der Waals surface area contributed by atoms with E-state index >= 15 is 0 Å². The molecular weight excluding hydrogens is 322 g/mol. The first kappa shape index (κ1) is 16.6. The summed E-state index contributed by atoms with van der Waals surface area (Å²) in [5, 5.41) is 0. The van der Waals surface area contributed by atoms with Gasteiger partial charge in [0.15, 0.2) is 0 Å². The fraction of sp³-hybridized carbons (Fsp3) is 0.261. The minimum atomic E-state index is 0.496. The number of allylic oxidation sites excluding steroid dienone is 1. The zero-order chi connectivity index (χ0) is 18.3. The maximum absolute atomic E-state index is 5.80. The predicted molar refractivity (Wildman–Crippen MR) is 105 cm³/mol. The van der Waals surface area contributed by atoms with E-state index in [4.69, 9.17) is 14.1 Å². The molecular formula is C23H23NO2. The van der Waals surface area contributed by atoms with Gasteiger partial charge in [0.25, 0.3) is 0 Å². The third-order valence-electron chi connectivity index (χ3n) is 5.11. The van der Waals surface area contributed by atoms with Gasteiger partial charge >= 0.3 is 0 Å². The monoisotopic (exact) mass is 345 g/mol. The molecule has 0 spiro atoms. The van der Waals surface area contributed by atoms with Gasteiger partial charge in [0.2, 0.25) is 5.89 Å². The van der Waals surface area contributed by atoms with Crippen LogP contribution in [0.5, 0.6) is 5.75 Å². The number of nitrogens with zero attached hydrogens (tertiary/aromatic N) is 1. The van der Waals surface area contributed by atoms with Gasteiger partial charge in [-0.3, -0.25) is 0 Å². The molecule has 132 valence electrons. The summed E-state index contributed by atoms with van der Waals surface area (Å²) >= 11 is 0. The first-order valence-electron chi connectivity index (χ1n) is 9.00. The molecule has 0 saturated heterocycles. The van der Waals surface area contributed by atoms with E-state index in [0.717, 1.165) is 28.1 Å². The van der Waals surface area contributed by atoms with Gasteiger partial charge in [0.1, 0.15) is 17.7 Å². The van der Waals surface area contributed by atoms with Crippen LogP contribution in [0.1, 0.15) is 36.5 Å². The van der Waals surface area contributed by atoms with Crippen LogP contribution in [0.15, 0.2) is 53.2 Å². The lowest BCUT2D eigenvalue weighted by Crippen LogP contribution is -2.01. The van der Waals surface area contributed by atoms with Crippen molar-refractivity contribution in [2.75, 3.05) is 7.11 Å². The first-order valence-corrected chi connectivity index (χ1v) is 9.00. The molecule has 0 radical (unpaired) electrons. The summed E-state index contributed by atoms with van der Waals surface area (Å²) in [7, 11) is 1.68. The Morgan fingerprint density at radius 3 is 2.77 bits per heavy atom. The highest BCUT2D eigenvalue weighted by Crippen LogP contribution is 2.38. The normalized spacial score (nSPS) is 15.5. The molecule has 3 heteroatoms. The Morgan fingerprint density at radius 1 is 1.15 bits per heavy atom. The second-order valence-electron chi connectivity index (χ2n) is 7.16. The van der Waals surface area contributed by atoms with Crippen LogP contribution in [-0.4, -0.2) is 12.1 Å². The summed E-state index contributed by atoms with van der Waals surface area (Å²) in [6.07, 6.45) is 6.20. The number of hydrogen-bond acceptors (Lipinski definition) is 3. The minimum Gasteiger partial charge on any atom is -0.496 e. The van der Waals surface area contributed by atoms with Crippen LogP contribution in [0, 0.1) is 12.8 Å². The average molecular weight is 345 g/mol. The zero-order valence-corrected chi connectivity index (χ0v) is 15.6. The maximum atomic E-state index is 5.80. The third kappa shape index (κ3) is 2.74. The van der Waals surface area contributed by atoms with Gasteiger partial charge in [0, 0.05) is 17.0 Å². The van der Waals surface area contributed by atoms with Crippen LogP contribution in [0.4, 0.5) is 0 Å². The van der Waals surface area contributed by atoms with E-state index in [2.05, 4.69) is 57.2 Å². The van der Waals surface area contributed by atoms with E-state index in [1.165, 1.54) is 11.1 Å². The van der Waals surface area contributed by atoms with Crippen LogP contribution >= 0.6 is 0 Å². The number of oxazole rings is 1. The summed E-state index contributed by atoms with van der Waals surface area (Å²) in [5.41, 5.74) is 6.53. The van der Waals surface area contributed by atoms with Gasteiger partial charge in [-0.2, -0.15) is 0 Å². The van der Waals surface area contributed by atoms with Gasteiger partial charge in [-0.05, 0) is 47.7 Å². The Kier molecular flexibility index (Phi) is 4.15. The molecule has 0 fully saturated rings. The molecule has 1 aliphatic rings. The van der Waals surface area contributed by atoms with Crippen molar-refractivity contribution in [3.05, 3.63) is 65.4 Å². The van der Waals surface area contributed by atoms with Crippen molar-refractivity contribution in [3.8, 4) is 28.5 Å². The van der Waals surface area contributed by atoms with E-state index < -0.39 is 0 Å². The Labute approximate surface area is 154 Å². The van der Waals surface area contributed by atoms with Gasteiger partial charge in [-0.15, -0.1) is 0 Å². The lowest BCUT2D eigenvalue weighted by Gasteiger charge is -2.15. The smallest absolute Gasteiger partial charge is 0.226 e. The summed E-state index contributed by atoms with van der Waals surface area (Å²) in [5.74, 6) is 2.53. The highest BCUT2D eigenvalue weighted by molar-refractivity contribution is 5.73. The number of methoxy groups -OCH3 is 1. The molecule has 2 aromatic carbocycles. The molecule has 3 nitrogen and oxygen atoms in total. The summed E-state index contributed by atoms with van der Waals surface area (Å²) in [6.45, 7) is 6.57. The van der Waals surface area contributed by atoms with Crippen molar-refractivity contribution < 1.29 is 9.15 Å². The maximum Gasteiger partial charge on any atom is 0.226 e. The first-order chi connectivity index (χ1) is 12.6. The third-order valence-corrected chi connectivity index (χ3v) is 5.11. The summed E-state index contributed by atoms with van der Waals surface area (Å²) in [6, 6.07) is 12.5. The molecule has 1 aliphatic carbocycles. The Hall–Kier alpha value is -2.81. The van der Waals surface area contributed by atoms with Gasteiger partial charge in [0.05, 0.1) is 7.11 Å². The predicted octanol–water partition coefficient (Wildman–Crippen LogP) is 6.09. The number of aryl methyl sites for hydroxylation is 1. The Bertz CT molecular complexity index is 982. The van der Waals surface area contributed by atoms with Crippen molar-refractivity contribution in [2.24, 2.45) is 5.92 Å². The van der Waals surface area contributed by atoms with Crippen LogP contribution in [0.2, 0.25) is 0 Å². The molecule has 1 aromatic heterocycles. The number of benzene rings is 2. The molecule has 0 bridgehead atoms. The number of aromatic nitrogens is 1. The molecule has 0 saturated carbocycles. The second kappa shape index (κ2) is 6.49. The Morgan fingerprint density at radius 2 is 2.00 bits per heavy atom. The zero-order valence-electron chi connectivity index (χ0n) is 15.6.